The van der Waals surface area contributed by atoms with E-state index in [1.54, 1.807) is 0 Å². The van der Waals surface area contributed by atoms with Crippen LogP contribution in [0, 0.1) is 0 Å². The highest BCUT2D eigenvalue weighted by Gasteiger charge is 2.29. The average Bonchev–Trinajstić information content (AvgIpc) is 2.66. The van der Waals surface area contributed by atoms with Gasteiger partial charge in [0.25, 0.3) is 0 Å². The first-order chi connectivity index (χ1) is 12.9. The quantitative estimate of drug-likeness (QED) is 0.642. The number of benzene rings is 2. The number of amides is 2. The van der Waals surface area contributed by atoms with Crippen LogP contribution in [0.15, 0.2) is 54.6 Å². The number of alkyl halides is 3. The van der Waals surface area contributed by atoms with E-state index in [2.05, 4.69) is 10.6 Å². The molecule has 0 aliphatic heterocycles. The predicted molar refractivity (Wildman–Crippen MR) is 97.3 cm³/mol. The third kappa shape index (κ3) is 8.13. The van der Waals surface area contributed by atoms with Crippen LogP contribution in [0.3, 0.4) is 0 Å². The van der Waals surface area contributed by atoms with Crippen molar-refractivity contribution >= 4 is 6.03 Å². The Bertz CT molecular complexity index is 689. The SMILES string of the molecule is O=C(NCCCOCCc1ccccc1)NCc1ccc(C(F)(F)F)cc1. The van der Waals surface area contributed by atoms with E-state index in [0.717, 1.165) is 18.6 Å². The zero-order valence-electron chi connectivity index (χ0n) is 14.9. The van der Waals surface area contributed by atoms with Crippen LogP contribution in [0.25, 0.3) is 0 Å². The summed E-state index contributed by atoms with van der Waals surface area (Å²) >= 11 is 0. The fraction of sp³-hybridized carbons (Fsp3) is 0.350. The molecule has 2 aromatic rings. The molecule has 0 atom stereocenters. The minimum atomic E-state index is -4.35. The smallest absolute Gasteiger partial charge is 0.381 e. The molecule has 146 valence electrons. The van der Waals surface area contributed by atoms with E-state index in [4.69, 9.17) is 4.74 Å². The lowest BCUT2D eigenvalue weighted by Gasteiger charge is -2.10. The summed E-state index contributed by atoms with van der Waals surface area (Å²) in [5.41, 5.74) is 1.11. The number of rotatable bonds is 9. The molecule has 2 amide bonds. The highest BCUT2D eigenvalue weighted by Crippen LogP contribution is 2.28. The van der Waals surface area contributed by atoms with Crippen LogP contribution in [0.5, 0.6) is 0 Å². The van der Waals surface area contributed by atoms with Crippen molar-refractivity contribution in [2.45, 2.75) is 25.6 Å². The zero-order chi connectivity index (χ0) is 19.5. The van der Waals surface area contributed by atoms with Crippen molar-refractivity contribution in [1.82, 2.24) is 10.6 Å². The molecule has 0 aliphatic carbocycles. The average molecular weight is 380 g/mol. The van der Waals surface area contributed by atoms with Crippen LogP contribution in [0.4, 0.5) is 18.0 Å². The number of hydrogen-bond donors (Lipinski definition) is 2. The van der Waals surface area contributed by atoms with Crippen molar-refractivity contribution in [2.75, 3.05) is 19.8 Å². The van der Waals surface area contributed by atoms with Gasteiger partial charge >= 0.3 is 12.2 Å². The van der Waals surface area contributed by atoms with Gasteiger partial charge in [0.1, 0.15) is 0 Å². The van der Waals surface area contributed by atoms with Gasteiger partial charge in [-0.3, -0.25) is 0 Å². The van der Waals surface area contributed by atoms with Gasteiger partial charge in [0.2, 0.25) is 0 Å². The maximum Gasteiger partial charge on any atom is 0.416 e. The Hall–Kier alpha value is -2.54. The molecule has 2 aromatic carbocycles. The Morgan fingerprint density at radius 3 is 2.26 bits per heavy atom. The summed E-state index contributed by atoms with van der Waals surface area (Å²) in [7, 11) is 0. The molecule has 2 rings (SSSR count). The molecule has 0 bridgehead atoms. The number of nitrogens with one attached hydrogen (secondary N) is 2. The molecule has 27 heavy (non-hydrogen) atoms. The summed E-state index contributed by atoms with van der Waals surface area (Å²) in [5.74, 6) is 0. The lowest BCUT2D eigenvalue weighted by molar-refractivity contribution is -0.137. The van der Waals surface area contributed by atoms with Gasteiger partial charge in [0.15, 0.2) is 0 Å². The zero-order valence-corrected chi connectivity index (χ0v) is 14.9. The molecular weight excluding hydrogens is 357 g/mol. The van der Waals surface area contributed by atoms with Gasteiger partial charge in [-0.1, -0.05) is 42.5 Å². The molecule has 0 fully saturated rings. The molecule has 0 saturated heterocycles. The summed E-state index contributed by atoms with van der Waals surface area (Å²) in [5, 5.41) is 5.30. The maximum atomic E-state index is 12.5. The number of halogens is 3. The van der Waals surface area contributed by atoms with Gasteiger partial charge in [-0.2, -0.15) is 13.2 Å². The summed E-state index contributed by atoms with van der Waals surface area (Å²) in [4.78, 5) is 11.7. The molecule has 7 heteroatoms. The van der Waals surface area contributed by atoms with Crippen molar-refractivity contribution in [2.24, 2.45) is 0 Å². The normalized spacial score (nSPS) is 11.2. The third-order valence-corrected chi connectivity index (χ3v) is 3.86. The Labute approximate surface area is 156 Å². The van der Waals surface area contributed by atoms with Crippen molar-refractivity contribution in [3.8, 4) is 0 Å². The summed E-state index contributed by atoms with van der Waals surface area (Å²) < 4.78 is 43.0. The van der Waals surface area contributed by atoms with Gasteiger partial charge in [-0.25, -0.2) is 4.79 Å². The van der Waals surface area contributed by atoms with E-state index < -0.39 is 11.7 Å². The molecule has 0 spiro atoms. The molecule has 0 heterocycles. The minimum absolute atomic E-state index is 0.164. The lowest BCUT2D eigenvalue weighted by Crippen LogP contribution is -2.35. The standard InChI is InChI=1S/C20H23F3N2O2/c21-20(22,23)18-9-7-17(8-10-18)15-25-19(26)24-12-4-13-27-14-11-16-5-2-1-3-6-16/h1-3,5-10H,4,11-15H2,(H2,24,25,26). The Balaban J connectivity index is 1.52. The lowest BCUT2D eigenvalue weighted by atomic mass is 10.1. The molecule has 0 unspecified atom stereocenters. The molecule has 2 N–H and O–H groups in total. The van der Waals surface area contributed by atoms with Gasteiger partial charge in [0, 0.05) is 19.7 Å². The summed E-state index contributed by atoms with van der Waals surface area (Å²) in [6.45, 7) is 1.80. The second kappa shape index (κ2) is 10.6. The van der Waals surface area contributed by atoms with Gasteiger partial charge in [-0.15, -0.1) is 0 Å². The van der Waals surface area contributed by atoms with Gasteiger partial charge < -0.3 is 15.4 Å². The van der Waals surface area contributed by atoms with Gasteiger partial charge in [0.05, 0.1) is 12.2 Å². The van der Waals surface area contributed by atoms with Crippen LogP contribution in [0.1, 0.15) is 23.1 Å². The van der Waals surface area contributed by atoms with Crippen LogP contribution < -0.4 is 10.6 Å². The first-order valence-corrected chi connectivity index (χ1v) is 8.74. The number of ether oxygens (including phenoxy) is 1. The molecule has 4 nitrogen and oxygen atoms in total. The molecule has 0 saturated carbocycles. The fourth-order valence-corrected chi connectivity index (χ4v) is 2.37. The van der Waals surface area contributed by atoms with E-state index in [9.17, 15) is 18.0 Å². The topological polar surface area (TPSA) is 50.4 Å². The van der Waals surface area contributed by atoms with Crippen LogP contribution >= 0.6 is 0 Å². The molecule has 0 radical (unpaired) electrons. The summed E-state index contributed by atoms with van der Waals surface area (Å²) in [6.07, 6.45) is -2.82. The van der Waals surface area contributed by atoms with Crippen molar-refractivity contribution < 1.29 is 22.7 Å². The highest BCUT2D eigenvalue weighted by atomic mass is 19.4. The van der Waals surface area contributed by atoms with Crippen molar-refractivity contribution in [1.29, 1.82) is 0 Å². The van der Waals surface area contributed by atoms with Crippen molar-refractivity contribution in [3.05, 3.63) is 71.3 Å². The van der Waals surface area contributed by atoms with Crippen LogP contribution in [-0.2, 0) is 23.9 Å². The van der Waals surface area contributed by atoms with Crippen LogP contribution in [-0.4, -0.2) is 25.8 Å². The first kappa shape index (κ1) is 20.8. The number of urea groups is 1. The Morgan fingerprint density at radius 1 is 0.889 bits per heavy atom. The van der Waals surface area contributed by atoms with E-state index in [1.165, 1.54) is 17.7 Å². The largest absolute Gasteiger partial charge is 0.416 e. The monoisotopic (exact) mass is 380 g/mol. The fourth-order valence-electron chi connectivity index (χ4n) is 2.37. The molecule has 0 aromatic heterocycles. The van der Waals surface area contributed by atoms with E-state index >= 15 is 0 Å². The minimum Gasteiger partial charge on any atom is -0.381 e. The number of carbonyl (C=O) groups excluding carboxylic acids is 1. The Morgan fingerprint density at radius 2 is 1.59 bits per heavy atom. The number of carbonyl (C=O) groups is 1. The van der Waals surface area contributed by atoms with E-state index in [1.807, 2.05) is 30.3 Å². The number of hydrogen-bond acceptors (Lipinski definition) is 2. The predicted octanol–water partition coefficient (Wildman–Crippen LogP) is 4.15. The second-order valence-electron chi connectivity index (χ2n) is 6.01. The van der Waals surface area contributed by atoms with Crippen molar-refractivity contribution in [3.63, 3.8) is 0 Å². The summed E-state index contributed by atoms with van der Waals surface area (Å²) in [6, 6.07) is 14.4. The van der Waals surface area contributed by atoms with Gasteiger partial charge in [-0.05, 0) is 36.1 Å². The second-order valence-corrected chi connectivity index (χ2v) is 6.01. The molecule has 0 aliphatic rings. The first-order valence-electron chi connectivity index (χ1n) is 8.74. The third-order valence-electron chi connectivity index (χ3n) is 3.86. The molecular formula is C20H23F3N2O2. The van der Waals surface area contributed by atoms with Crippen LogP contribution in [0.2, 0.25) is 0 Å². The maximum absolute atomic E-state index is 12.5. The Kier molecular flexibility index (Phi) is 8.13. The van der Waals surface area contributed by atoms with E-state index in [-0.39, 0.29) is 12.6 Å². The van der Waals surface area contributed by atoms with E-state index in [0.29, 0.717) is 31.7 Å². The highest BCUT2D eigenvalue weighted by molar-refractivity contribution is 5.73.